The zero-order valence-corrected chi connectivity index (χ0v) is 11.9. The zero-order chi connectivity index (χ0) is 14.5. The summed E-state index contributed by atoms with van der Waals surface area (Å²) in [5.41, 5.74) is 0.813. The van der Waals surface area contributed by atoms with Crippen molar-refractivity contribution in [2.45, 2.75) is 26.3 Å². The average molecular weight is 273 g/mol. The van der Waals surface area contributed by atoms with Gasteiger partial charge in [0.2, 0.25) is 5.88 Å². The van der Waals surface area contributed by atoms with Crippen LogP contribution in [-0.4, -0.2) is 17.0 Å². The van der Waals surface area contributed by atoms with E-state index in [9.17, 15) is 4.79 Å². The van der Waals surface area contributed by atoms with Gasteiger partial charge in [-0.2, -0.15) is 4.98 Å². The van der Waals surface area contributed by atoms with Crippen molar-refractivity contribution >= 4 is 0 Å². The molecule has 1 aromatic heterocycles. The topological polar surface area (TPSA) is 67.0 Å². The Morgan fingerprint density at radius 1 is 1.35 bits per heavy atom. The van der Waals surface area contributed by atoms with Crippen molar-refractivity contribution in [2.75, 3.05) is 7.05 Å². The maximum atomic E-state index is 11.6. The molecule has 2 rings (SSSR count). The monoisotopic (exact) mass is 273 g/mol. The molecule has 0 amide bonds. The van der Waals surface area contributed by atoms with E-state index in [1.54, 1.807) is 0 Å². The predicted molar refractivity (Wildman–Crippen MR) is 78.2 cm³/mol. The van der Waals surface area contributed by atoms with Gasteiger partial charge in [0.1, 0.15) is 11.6 Å². The first-order chi connectivity index (χ1) is 9.60. The van der Waals surface area contributed by atoms with E-state index in [1.165, 1.54) is 6.07 Å². The summed E-state index contributed by atoms with van der Waals surface area (Å²) in [6, 6.07) is 9.05. The van der Waals surface area contributed by atoms with Gasteiger partial charge in [-0.25, -0.2) is 0 Å². The second kappa shape index (κ2) is 6.34. The molecule has 0 aliphatic heterocycles. The van der Waals surface area contributed by atoms with E-state index < -0.39 is 0 Å². The standard InChI is InChI=1S/C15H19N3O2/c1-10(2)15-17-13(19)8-14(18-15)20-12-7-5-4-6-11(12)9-16-3/h4-8,10,16H,9H2,1-3H3,(H,17,18,19). The fourth-order valence-electron chi connectivity index (χ4n) is 1.83. The summed E-state index contributed by atoms with van der Waals surface area (Å²) < 4.78 is 5.76. The minimum Gasteiger partial charge on any atom is -0.438 e. The van der Waals surface area contributed by atoms with Gasteiger partial charge in [0.15, 0.2) is 0 Å². The highest BCUT2D eigenvalue weighted by Crippen LogP contribution is 2.23. The molecule has 0 fully saturated rings. The van der Waals surface area contributed by atoms with Crippen molar-refractivity contribution in [1.29, 1.82) is 0 Å². The molecule has 0 radical (unpaired) electrons. The Morgan fingerprint density at radius 2 is 2.10 bits per heavy atom. The first-order valence-corrected chi connectivity index (χ1v) is 6.61. The van der Waals surface area contributed by atoms with Crippen LogP contribution in [0.2, 0.25) is 0 Å². The molecular formula is C15H19N3O2. The van der Waals surface area contributed by atoms with Gasteiger partial charge < -0.3 is 15.0 Å². The van der Waals surface area contributed by atoms with Gasteiger partial charge in [-0.05, 0) is 13.1 Å². The van der Waals surface area contributed by atoms with E-state index in [2.05, 4.69) is 15.3 Å². The Morgan fingerprint density at radius 3 is 2.80 bits per heavy atom. The van der Waals surface area contributed by atoms with Crippen LogP contribution in [0.3, 0.4) is 0 Å². The summed E-state index contributed by atoms with van der Waals surface area (Å²) in [7, 11) is 1.87. The second-order valence-corrected chi connectivity index (χ2v) is 4.86. The molecular weight excluding hydrogens is 254 g/mol. The normalized spacial score (nSPS) is 10.8. The molecule has 0 unspecified atom stereocenters. The Bertz CT molecular complexity index is 635. The first-order valence-electron chi connectivity index (χ1n) is 6.61. The van der Waals surface area contributed by atoms with Crippen molar-refractivity contribution in [1.82, 2.24) is 15.3 Å². The molecule has 0 atom stereocenters. The first kappa shape index (κ1) is 14.3. The van der Waals surface area contributed by atoms with Crippen LogP contribution in [-0.2, 0) is 6.54 Å². The minimum absolute atomic E-state index is 0.138. The molecule has 5 heteroatoms. The van der Waals surface area contributed by atoms with E-state index >= 15 is 0 Å². The van der Waals surface area contributed by atoms with Gasteiger partial charge in [-0.15, -0.1) is 0 Å². The molecule has 0 spiro atoms. The number of H-pyrrole nitrogens is 1. The third kappa shape index (κ3) is 3.45. The number of benzene rings is 1. The number of nitrogens with one attached hydrogen (secondary N) is 2. The molecule has 2 N–H and O–H groups in total. The summed E-state index contributed by atoms with van der Waals surface area (Å²) in [6.45, 7) is 4.63. The lowest BCUT2D eigenvalue weighted by Crippen LogP contribution is -2.12. The van der Waals surface area contributed by atoms with Crippen LogP contribution >= 0.6 is 0 Å². The molecule has 106 valence electrons. The molecule has 20 heavy (non-hydrogen) atoms. The van der Waals surface area contributed by atoms with Crippen LogP contribution in [0.1, 0.15) is 31.2 Å². The van der Waals surface area contributed by atoms with Crippen molar-refractivity contribution in [3.63, 3.8) is 0 Å². The second-order valence-electron chi connectivity index (χ2n) is 4.86. The SMILES string of the molecule is CNCc1ccccc1Oc1cc(=O)[nH]c(C(C)C)n1. The molecule has 1 aromatic carbocycles. The average Bonchev–Trinajstić information content (AvgIpc) is 2.40. The molecule has 0 bridgehead atoms. The summed E-state index contributed by atoms with van der Waals surface area (Å²) in [5, 5.41) is 3.08. The molecule has 0 aliphatic rings. The summed E-state index contributed by atoms with van der Waals surface area (Å²) in [5.74, 6) is 1.79. The maximum absolute atomic E-state index is 11.6. The van der Waals surface area contributed by atoms with Crippen molar-refractivity contribution in [3.8, 4) is 11.6 Å². The highest BCUT2D eigenvalue weighted by Gasteiger charge is 2.09. The fraction of sp³-hybridized carbons (Fsp3) is 0.333. The number of aromatic nitrogens is 2. The lowest BCUT2D eigenvalue weighted by atomic mass is 10.2. The van der Waals surface area contributed by atoms with Crippen LogP contribution in [0.5, 0.6) is 11.6 Å². The Labute approximate surface area is 118 Å². The lowest BCUT2D eigenvalue weighted by molar-refractivity contribution is 0.448. The number of hydrogen-bond donors (Lipinski definition) is 2. The summed E-state index contributed by atoms with van der Waals surface area (Å²) >= 11 is 0. The van der Waals surface area contributed by atoms with Crippen molar-refractivity contribution < 1.29 is 4.74 Å². The summed E-state index contributed by atoms with van der Waals surface area (Å²) in [4.78, 5) is 18.7. The van der Waals surface area contributed by atoms with E-state index in [4.69, 9.17) is 4.74 Å². The third-order valence-electron chi connectivity index (χ3n) is 2.84. The number of para-hydroxylation sites is 1. The smallest absolute Gasteiger partial charge is 0.254 e. The lowest BCUT2D eigenvalue weighted by Gasteiger charge is -2.11. The minimum atomic E-state index is -0.204. The highest BCUT2D eigenvalue weighted by atomic mass is 16.5. The third-order valence-corrected chi connectivity index (χ3v) is 2.84. The quantitative estimate of drug-likeness (QED) is 0.878. The Hall–Kier alpha value is -2.14. The molecule has 0 saturated heterocycles. The molecule has 1 heterocycles. The predicted octanol–water partition coefficient (Wildman–Crippen LogP) is 2.41. The zero-order valence-electron chi connectivity index (χ0n) is 11.9. The Balaban J connectivity index is 2.32. The van der Waals surface area contributed by atoms with Gasteiger partial charge in [0.05, 0.1) is 6.07 Å². The van der Waals surface area contributed by atoms with Gasteiger partial charge in [0, 0.05) is 18.0 Å². The van der Waals surface area contributed by atoms with Crippen LogP contribution in [0.4, 0.5) is 0 Å². The van der Waals surface area contributed by atoms with Crippen LogP contribution < -0.4 is 15.6 Å². The molecule has 0 aliphatic carbocycles. The van der Waals surface area contributed by atoms with E-state index in [0.717, 1.165) is 5.56 Å². The van der Waals surface area contributed by atoms with Crippen LogP contribution in [0.25, 0.3) is 0 Å². The van der Waals surface area contributed by atoms with Crippen LogP contribution in [0, 0.1) is 0 Å². The van der Waals surface area contributed by atoms with E-state index in [1.807, 2.05) is 45.2 Å². The van der Waals surface area contributed by atoms with Gasteiger partial charge in [-0.1, -0.05) is 32.0 Å². The van der Waals surface area contributed by atoms with Crippen molar-refractivity contribution in [3.05, 3.63) is 52.1 Å². The van der Waals surface area contributed by atoms with Gasteiger partial charge in [-0.3, -0.25) is 4.79 Å². The van der Waals surface area contributed by atoms with Crippen molar-refractivity contribution in [2.24, 2.45) is 0 Å². The number of rotatable bonds is 5. The summed E-state index contributed by atoms with van der Waals surface area (Å²) in [6.07, 6.45) is 0. The fourth-order valence-corrected chi connectivity index (χ4v) is 1.83. The molecule has 2 aromatic rings. The number of aromatic amines is 1. The van der Waals surface area contributed by atoms with Gasteiger partial charge in [0.25, 0.3) is 5.56 Å². The Kier molecular flexibility index (Phi) is 4.53. The highest BCUT2D eigenvalue weighted by molar-refractivity contribution is 5.35. The van der Waals surface area contributed by atoms with E-state index in [-0.39, 0.29) is 11.5 Å². The van der Waals surface area contributed by atoms with E-state index in [0.29, 0.717) is 24.0 Å². The number of hydrogen-bond acceptors (Lipinski definition) is 4. The number of nitrogens with zero attached hydrogens (tertiary/aromatic N) is 1. The van der Waals surface area contributed by atoms with Crippen LogP contribution in [0.15, 0.2) is 35.1 Å². The van der Waals surface area contributed by atoms with Gasteiger partial charge >= 0.3 is 0 Å². The maximum Gasteiger partial charge on any atom is 0.254 e. The number of ether oxygens (including phenoxy) is 1. The largest absolute Gasteiger partial charge is 0.438 e. The molecule has 0 saturated carbocycles. The molecule has 5 nitrogen and oxygen atoms in total.